The van der Waals surface area contributed by atoms with Gasteiger partial charge in [0.15, 0.2) is 0 Å². The number of urea groups is 1. The fourth-order valence-electron chi connectivity index (χ4n) is 5.25. The van der Waals surface area contributed by atoms with Crippen molar-refractivity contribution in [2.75, 3.05) is 46.9 Å². The Bertz CT molecular complexity index is 1380. The van der Waals surface area contributed by atoms with Crippen molar-refractivity contribution in [1.29, 1.82) is 0 Å². The number of hydrazine groups is 1. The number of amidine groups is 1. The van der Waals surface area contributed by atoms with E-state index in [2.05, 4.69) is 5.01 Å². The molecule has 0 saturated carbocycles. The minimum absolute atomic E-state index is 0.166. The summed E-state index contributed by atoms with van der Waals surface area (Å²) in [6.45, 7) is 4.72. The Hall–Kier alpha value is -3.17. The van der Waals surface area contributed by atoms with Crippen molar-refractivity contribution in [3.63, 3.8) is 0 Å². The summed E-state index contributed by atoms with van der Waals surface area (Å²) in [5.41, 5.74) is 2.33. The lowest BCUT2D eigenvalue weighted by atomic mass is 9.93. The van der Waals surface area contributed by atoms with Crippen molar-refractivity contribution >= 4 is 35.1 Å². The minimum atomic E-state index is -0.479. The second-order valence-corrected chi connectivity index (χ2v) is 10.8. The molecule has 1 saturated heterocycles. The molecule has 40 heavy (non-hydrogen) atoms. The number of piperazine rings is 1. The van der Waals surface area contributed by atoms with Gasteiger partial charge in [0, 0.05) is 56.4 Å². The standard InChI is InChI=1S/C30H32Cl2FN5O2/c1-4-40-26-19-24(33)13-14-25(26)29-34-27(20-5-9-22(31)10-6-20)28(21-7-11-23(32)12-8-21)38(29)30(39)36-15-17-37(18-16-36)35(2)3/h5-14,19,27-28H,4,15-18H2,1-3H3. The van der Waals surface area contributed by atoms with Crippen LogP contribution >= 0.6 is 23.2 Å². The van der Waals surface area contributed by atoms with E-state index in [9.17, 15) is 9.18 Å². The normalized spacial score (nSPS) is 19.7. The van der Waals surface area contributed by atoms with Crippen LogP contribution < -0.4 is 4.74 Å². The summed E-state index contributed by atoms with van der Waals surface area (Å²) < 4.78 is 20.2. The maximum absolute atomic E-state index is 14.5. The summed E-state index contributed by atoms with van der Waals surface area (Å²) >= 11 is 12.5. The van der Waals surface area contributed by atoms with Gasteiger partial charge in [0.05, 0.1) is 18.2 Å². The predicted octanol–water partition coefficient (Wildman–Crippen LogP) is 6.29. The topological polar surface area (TPSA) is 51.6 Å². The lowest BCUT2D eigenvalue weighted by molar-refractivity contribution is -0.0120. The van der Waals surface area contributed by atoms with Gasteiger partial charge in [-0.05, 0) is 54.4 Å². The van der Waals surface area contributed by atoms with Crippen LogP contribution in [0.3, 0.4) is 0 Å². The van der Waals surface area contributed by atoms with Crippen molar-refractivity contribution in [3.8, 4) is 5.75 Å². The molecule has 0 aliphatic carbocycles. The number of carbonyl (C=O) groups excluding carboxylic acids is 1. The lowest BCUT2D eigenvalue weighted by Gasteiger charge is -2.40. The molecule has 2 aliphatic rings. The number of benzene rings is 3. The average molecular weight is 585 g/mol. The molecule has 2 atom stereocenters. The molecule has 5 rings (SSSR count). The Labute approximate surface area is 244 Å². The molecule has 2 aliphatic heterocycles. The highest BCUT2D eigenvalue weighted by Crippen LogP contribution is 2.45. The third-order valence-corrected chi connectivity index (χ3v) is 7.78. The van der Waals surface area contributed by atoms with E-state index in [1.165, 1.54) is 12.1 Å². The van der Waals surface area contributed by atoms with E-state index in [1.807, 2.05) is 79.5 Å². The van der Waals surface area contributed by atoms with Crippen LogP contribution in [0.15, 0.2) is 71.7 Å². The third kappa shape index (κ3) is 5.81. The molecule has 7 nitrogen and oxygen atoms in total. The van der Waals surface area contributed by atoms with Gasteiger partial charge in [0.2, 0.25) is 0 Å². The fraction of sp³-hybridized carbons (Fsp3) is 0.333. The van der Waals surface area contributed by atoms with Gasteiger partial charge in [-0.3, -0.25) is 9.89 Å². The van der Waals surface area contributed by atoms with Crippen LogP contribution in [0.25, 0.3) is 0 Å². The quantitative estimate of drug-likeness (QED) is 0.342. The van der Waals surface area contributed by atoms with E-state index in [4.69, 9.17) is 32.9 Å². The zero-order valence-electron chi connectivity index (χ0n) is 22.7. The summed E-state index contributed by atoms with van der Waals surface area (Å²) in [6, 6.07) is 18.2. The monoisotopic (exact) mass is 583 g/mol. The van der Waals surface area contributed by atoms with E-state index in [1.54, 1.807) is 11.0 Å². The Morgan fingerprint density at radius 3 is 2.12 bits per heavy atom. The summed E-state index contributed by atoms with van der Waals surface area (Å²) in [5.74, 6) is 0.346. The van der Waals surface area contributed by atoms with Crippen LogP contribution in [-0.4, -0.2) is 78.6 Å². The molecule has 0 N–H and O–H groups in total. The van der Waals surface area contributed by atoms with Crippen molar-refractivity contribution in [2.24, 2.45) is 4.99 Å². The van der Waals surface area contributed by atoms with Crippen LogP contribution in [0.4, 0.5) is 9.18 Å². The Kier molecular flexibility index (Phi) is 8.61. The van der Waals surface area contributed by atoms with E-state index >= 15 is 0 Å². The van der Waals surface area contributed by atoms with E-state index < -0.39 is 17.9 Å². The first-order chi connectivity index (χ1) is 19.3. The zero-order chi connectivity index (χ0) is 28.4. The molecule has 0 radical (unpaired) electrons. The number of nitrogens with zero attached hydrogens (tertiary/aromatic N) is 5. The second kappa shape index (κ2) is 12.1. The largest absolute Gasteiger partial charge is 0.493 e. The van der Waals surface area contributed by atoms with Gasteiger partial charge >= 0.3 is 6.03 Å². The molecule has 0 bridgehead atoms. The van der Waals surface area contributed by atoms with Gasteiger partial charge in [-0.2, -0.15) is 0 Å². The fourth-order valence-corrected chi connectivity index (χ4v) is 5.50. The molecule has 2 amide bonds. The molecule has 0 aromatic heterocycles. The van der Waals surface area contributed by atoms with E-state index in [0.29, 0.717) is 60.0 Å². The Morgan fingerprint density at radius 1 is 0.950 bits per heavy atom. The predicted molar refractivity (Wildman–Crippen MR) is 157 cm³/mol. The maximum atomic E-state index is 14.5. The van der Waals surface area contributed by atoms with Gasteiger partial charge in [0.25, 0.3) is 0 Å². The van der Waals surface area contributed by atoms with Gasteiger partial charge in [-0.25, -0.2) is 19.2 Å². The molecule has 0 spiro atoms. The van der Waals surface area contributed by atoms with Crippen molar-refractivity contribution in [2.45, 2.75) is 19.0 Å². The Morgan fingerprint density at radius 2 is 1.55 bits per heavy atom. The zero-order valence-corrected chi connectivity index (χ0v) is 24.2. The summed E-state index contributed by atoms with van der Waals surface area (Å²) in [7, 11) is 4.00. The number of rotatable bonds is 6. The van der Waals surface area contributed by atoms with Crippen LogP contribution in [0.2, 0.25) is 10.0 Å². The summed E-state index contributed by atoms with van der Waals surface area (Å²) in [6.07, 6.45) is 0. The van der Waals surface area contributed by atoms with E-state index in [-0.39, 0.29) is 6.03 Å². The smallest absolute Gasteiger partial charge is 0.326 e. The summed E-state index contributed by atoms with van der Waals surface area (Å²) in [4.78, 5) is 23.2. The molecule has 10 heteroatoms. The first-order valence-electron chi connectivity index (χ1n) is 13.3. The van der Waals surface area contributed by atoms with Crippen LogP contribution in [0.1, 0.15) is 35.7 Å². The SMILES string of the molecule is CCOc1cc(F)ccc1C1=NC(c2ccc(Cl)cc2)C(c2ccc(Cl)cc2)N1C(=O)N1CCN(N(C)C)CC1. The van der Waals surface area contributed by atoms with Crippen molar-refractivity contribution in [1.82, 2.24) is 19.8 Å². The molecule has 1 fully saturated rings. The summed E-state index contributed by atoms with van der Waals surface area (Å²) in [5, 5.41) is 5.45. The molecule has 210 valence electrons. The average Bonchev–Trinajstić information content (AvgIpc) is 3.34. The minimum Gasteiger partial charge on any atom is -0.493 e. The van der Waals surface area contributed by atoms with Crippen molar-refractivity contribution < 1.29 is 13.9 Å². The van der Waals surface area contributed by atoms with E-state index in [0.717, 1.165) is 11.1 Å². The molecular formula is C30H32Cl2FN5O2. The lowest BCUT2D eigenvalue weighted by Crippen LogP contribution is -2.56. The van der Waals surface area contributed by atoms with Crippen LogP contribution in [0, 0.1) is 5.82 Å². The molecule has 2 heterocycles. The second-order valence-electron chi connectivity index (χ2n) is 9.96. The van der Waals surface area contributed by atoms with Crippen LogP contribution in [-0.2, 0) is 0 Å². The first kappa shape index (κ1) is 28.4. The first-order valence-corrected chi connectivity index (χ1v) is 14.0. The highest BCUT2D eigenvalue weighted by molar-refractivity contribution is 6.30. The third-order valence-electron chi connectivity index (χ3n) is 7.27. The van der Waals surface area contributed by atoms with Gasteiger partial charge < -0.3 is 9.64 Å². The van der Waals surface area contributed by atoms with Crippen LogP contribution in [0.5, 0.6) is 5.75 Å². The number of hydrogen-bond donors (Lipinski definition) is 0. The molecule has 2 unspecified atom stereocenters. The molecule has 3 aromatic rings. The van der Waals surface area contributed by atoms with Gasteiger partial charge in [-0.15, -0.1) is 0 Å². The Balaban J connectivity index is 1.64. The van der Waals surface area contributed by atoms with Crippen molar-refractivity contribution in [3.05, 3.63) is 99.3 Å². The number of ether oxygens (including phenoxy) is 1. The van der Waals surface area contributed by atoms with Gasteiger partial charge in [0.1, 0.15) is 23.4 Å². The number of amides is 2. The number of hydrogen-bond acceptors (Lipinski definition) is 5. The van der Waals surface area contributed by atoms with Gasteiger partial charge in [-0.1, -0.05) is 47.5 Å². The maximum Gasteiger partial charge on any atom is 0.326 e. The highest BCUT2D eigenvalue weighted by Gasteiger charge is 2.45. The number of halogens is 3. The molecular weight excluding hydrogens is 552 g/mol. The number of carbonyl (C=O) groups is 1. The number of aliphatic imine (C=N–C) groups is 1. The molecule has 3 aromatic carbocycles. The highest BCUT2D eigenvalue weighted by atomic mass is 35.5.